The van der Waals surface area contributed by atoms with Gasteiger partial charge >= 0.3 is 12.1 Å². The predicted octanol–water partition coefficient (Wildman–Crippen LogP) is -0.442. The van der Waals surface area contributed by atoms with E-state index in [0.717, 1.165) is 0 Å². The molecule has 2 bridgehead atoms. The lowest BCUT2D eigenvalue weighted by Crippen LogP contribution is -2.44. The first-order valence-electron chi connectivity index (χ1n) is 4.78. The number of piperidine rings is 1. The number of rotatable bonds is 3. The van der Waals surface area contributed by atoms with Crippen LogP contribution in [0.1, 0.15) is 12.8 Å². The summed E-state index contributed by atoms with van der Waals surface area (Å²) in [6.07, 6.45) is -3.53. The molecule has 2 saturated heterocycles. The van der Waals surface area contributed by atoms with Crippen LogP contribution in [0.5, 0.6) is 0 Å². The summed E-state index contributed by atoms with van der Waals surface area (Å²) in [4.78, 5) is 25.7. The van der Waals surface area contributed by atoms with Gasteiger partial charge in [0.2, 0.25) is 0 Å². The Morgan fingerprint density at radius 3 is 2.88 bits per heavy atom. The number of carbonyl (C=O) groups excluding carboxylic acids is 1. The van der Waals surface area contributed by atoms with Gasteiger partial charge in [0, 0.05) is 0 Å². The van der Waals surface area contributed by atoms with Crippen LogP contribution in [0.3, 0.4) is 0 Å². The molecule has 1 amide bonds. The zero-order chi connectivity index (χ0) is 11.9. The van der Waals surface area contributed by atoms with Crippen LogP contribution < -0.4 is 5.32 Å². The Kier molecular flexibility index (Phi) is 2.55. The smallest absolute Gasteiger partial charge is 0.475 e. The van der Waals surface area contributed by atoms with E-state index in [1.54, 1.807) is 0 Å². The van der Waals surface area contributed by atoms with E-state index in [9.17, 15) is 18.4 Å². The number of hydrogen-bond donors (Lipinski definition) is 2. The van der Waals surface area contributed by atoms with Crippen molar-refractivity contribution in [2.45, 2.75) is 31.0 Å². The quantitative estimate of drug-likeness (QED) is 0.694. The van der Waals surface area contributed by atoms with Crippen molar-refractivity contribution in [2.24, 2.45) is 0 Å². The minimum Gasteiger partial charge on any atom is -0.475 e. The van der Waals surface area contributed by atoms with Gasteiger partial charge in [-0.2, -0.15) is 13.6 Å². The number of nitrogens with one attached hydrogen (secondary N) is 1. The summed E-state index contributed by atoms with van der Waals surface area (Å²) in [6, 6.07) is -1.01. The summed E-state index contributed by atoms with van der Waals surface area (Å²) in [5, 5.41) is 11.5. The van der Waals surface area contributed by atoms with Crippen molar-refractivity contribution in [3.8, 4) is 0 Å². The largest absolute Gasteiger partial charge is 0.476 e. The SMILES string of the molecule is O=C1C2C[C@@H](CCN2)N1OC(F)(F)C(=O)O. The molecule has 0 aromatic heterocycles. The van der Waals surface area contributed by atoms with Crippen LogP contribution in [0.4, 0.5) is 8.78 Å². The minimum absolute atomic E-state index is 0.370. The second kappa shape index (κ2) is 3.63. The fourth-order valence-corrected chi connectivity index (χ4v) is 1.91. The van der Waals surface area contributed by atoms with Crippen LogP contribution in [0.15, 0.2) is 0 Å². The van der Waals surface area contributed by atoms with Gasteiger partial charge in [0.25, 0.3) is 5.91 Å². The highest BCUT2D eigenvalue weighted by molar-refractivity contribution is 5.84. The van der Waals surface area contributed by atoms with Gasteiger partial charge in [-0.25, -0.2) is 9.86 Å². The molecule has 0 aromatic rings. The summed E-state index contributed by atoms with van der Waals surface area (Å²) in [6.45, 7) is 0.527. The van der Waals surface area contributed by atoms with Crippen molar-refractivity contribution < 1.29 is 28.3 Å². The Morgan fingerprint density at radius 1 is 1.62 bits per heavy atom. The van der Waals surface area contributed by atoms with Crippen molar-refractivity contribution in [1.82, 2.24) is 10.4 Å². The number of alkyl halides is 2. The Hall–Kier alpha value is -1.28. The standard InChI is InChI=1S/C8H10F2N2O4/c9-8(10,7(14)15)16-12-4-1-2-11-5(3-4)6(12)13/h4-5,11H,1-3H2,(H,14,15)/t4-,5?/m1/s1. The maximum absolute atomic E-state index is 12.8. The molecule has 2 heterocycles. The highest BCUT2D eigenvalue weighted by atomic mass is 19.3. The molecule has 0 spiro atoms. The van der Waals surface area contributed by atoms with E-state index in [4.69, 9.17) is 5.11 Å². The van der Waals surface area contributed by atoms with E-state index in [-0.39, 0.29) is 0 Å². The number of carboxylic acids is 1. The molecule has 0 aliphatic carbocycles. The summed E-state index contributed by atoms with van der Waals surface area (Å²) in [5.74, 6) is -3.04. The normalized spacial score (nSPS) is 29.6. The van der Waals surface area contributed by atoms with E-state index in [2.05, 4.69) is 10.2 Å². The molecular formula is C8H10F2N2O4. The highest BCUT2D eigenvalue weighted by Gasteiger charge is 2.51. The number of carboxylic acid groups (broad SMARTS) is 1. The molecule has 0 aromatic carbocycles. The third-order valence-electron chi connectivity index (χ3n) is 2.69. The van der Waals surface area contributed by atoms with E-state index in [1.807, 2.05) is 0 Å². The van der Waals surface area contributed by atoms with Crippen molar-refractivity contribution >= 4 is 11.9 Å². The highest BCUT2D eigenvalue weighted by Crippen LogP contribution is 2.29. The third kappa shape index (κ3) is 1.74. The number of amides is 1. The van der Waals surface area contributed by atoms with Crippen molar-refractivity contribution in [2.75, 3.05) is 6.54 Å². The molecule has 2 N–H and O–H groups in total. The van der Waals surface area contributed by atoms with Gasteiger partial charge in [0.15, 0.2) is 0 Å². The first kappa shape index (κ1) is 11.2. The van der Waals surface area contributed by atoms with Gasteiger partial charge < -0.3 is 10.4 Å². The molecule has 2 fully saturated rings. The molecule has 6 nitrogen and oxygen atoms in total. The summed E-state index contributed by atoms with van der Waals surface area (Å²) >= 11 is 0. The lowest BCUT2D eigenvalue weighted by atomic mass is 10.1. The molecule has 2 atom stereocenters. The number of fused-ring (bicyclic) bond motifs is 2. The number of hydroxylamine groups is 2. The molecule has 2 aliphatic rings. The molecule has 0 saturated carbocycles. The van der Waals surface area contributed by atoms with Gasteiger partial charge in [0.1, 0.15) is 0 Å². The van der Waals surface area contributed by atoms with Crippen molar-refractivity contribution in [3.63, 3.8) is 0 Å². The van der Waals surface area contributed by atoms with Crippen LogP contribution in [0, 0.1) is 0 Å². The lowest BCUT2D eigenvalue weighted by molar-refractivity contribution is -0.334. The van der Waals surface area contributed by atoms with Gasteiger partial charge in [0.05, 0.1) is 12.1 Å². The van der Waals surface area contributed by atoms with Crippen LogP contribution in [-0.2, 0) is 14.4 Å². The first-order chi connectivity index (χ1) is 7.42. The Morgan fingerprint density at radius 2 is 2.31 bits per heavy atom. The average Bonchev–Trinajstić information content (AvgIpc) is 2.42. The Bertz CT molecular complexity index is 336. The van der Waals surface area contributed by atoms with Gasteiger partial charge in [-0.1, -0.05) is 0 Å². The van der Waals surface area contributed by atoms with Crippen LogP contribution in [0.2, 0.25) is 0 Å². The minimum atomic E-state index is -4.37. The molecule has 1 unspecified atom stereocenters. The van der Waals surface area contributed by atoms with E-state index < -0.39 is 30.1 Å². The predicted molar refractivity (Wildman–Crippen MR) is 45.3 cm³/mol. The Balaban J connectivity index is 2.10. The lowest BCUT2D eigenvalue weighted by Gasteiger charge is -2.25. The van der Waals surface area contributed by atoms with Crippen molar-refractivity contribution in [3.05, 3.63) is 0 Å². The molecule has 0 radical (unpaired) electrons. The first-order valence-corrected chi connectivity index (χ1v) is 4.78. The molecule has 2 rings (SSSR count). The van der Waals surface area contributed by atoms with E-state index in [1.165, 1.54) is 0 Å². The number of aliphatic carboxylic acids is 1. The maximum atomic E-state index is 12.8. The molecule has 90 valence electrons. The fraction of sp³-hybridized carbons (Fsp3) is 0.750. The molecule has 16 heavy (non-hydrogen) atoms. The molecule has 8 heteroatoms. The zero-order valence-corrected chi connectivity index (χ0v) is 8.15. The second-order valence-electron chi connectivity index (χ2n) is 3.76. The summed E-state index contributed by atoms with van der Waals surface area (Å²) < 4.78 is 25.6. The average molecular weight is 236 g/mol. The Labute approximate surface area is 89.1 Å². The van der Waals surface area contributed by atoms with Gasteiger partial charge in [-0.3, -0.25) is 4.79 Å². The second-order valence-corrected chi connectivity index (χ2v) is 3.76. The number of halogens is 2. The van der Waals surface area contributed by atoms with Gasteiger partial charge in [-0.15, -0.1) is 0 Å². The summed E-state index contributed by atoms with van der Waals surface area (Å²) in [5.41, 5.74) is 0. The van der Waals surface area contributed by atoms with Gasteiger partial charge in [-0.05, 0) is 19.4 Å². The number of hydrogen-bond acceptors (Lipinski definition) is 4. The molecular weight excluding hydrogens is 226 g/mol. The topological polar surface area (TPSA) is 78.9 Å². The van der Waals surface area contributed by atoms with Crippen LogP contribution in [-0.4, -0.2) is 46.8 Å². The summed E-state index contributed by atoms with van der Waals surface area (Å²) in [7, 11) is 0. The third-order valence-corrected chi connectivity index (χ3v) is 2.69. The van der Waals surface area contributed by atoms with Crippen LogP contribution >= 0.6 is 0 Å². The molecule has 2 aliphatic heterocycles. The number of nitrogens with zero attached hydrogens (tertiary/aromatic N) is 1. The fourth-order valence-electron chi connectivity index (χ4n) is 1.91. The zero-order valence-electron chi connectivity index (χ0n) is 8.15. The monoisotopic (exact) mass is 236 g/mol. The van der Waals surface area contributed by atoms with E-state index in [0.29, 0.717) is 24.4 Å². The number of carbonyl (C=O) groups is 2. The van der Waals surface area contributed by atoms with Crippen molar-refractivity contribution in [1.29, 1.82) is 0 Å². The maximum Gasteiger partial charge on any atom is 0.476 e. The van der Waals surface area contributed by atoms with Crippen LogP contribution in [0.25, 0.3) is 0 Å². The van der Waals surface area contributed by atoms with E-state index >= 15 is 0 Å².